The predicted molar refractivity (Wildman–Crippen MR) is 59.2 cm³/mol. The molecule has 2 nitrogen and oxygen atoms in total. The van der Waals surface area contributed by atoms with Crippen molar-refractivity contribution in [2.75, 3.05) is 5.32 Å². The third kappa shape index (κ3) is 1.61. The van der Waals surface area contributed by atoms with Crippen molar-refractivity contribution < 1.29 is 0 Å². The van der Waals surface area contributed by atoms with Crippen LogP contribution in [0.2, 0.25) is 0 Å². The van der Waals surface area contributed by atoms with Gasteiger partial charge in [-0.3, -0.25) is 0 Å². The van der Waals surface area contributed by atoms with Gasteiger partial charge in [0.1, 0.15) is 5.82 Å². The van der Waals surface area contributed by atoms with Gasteiger partial charge in [-0.2, -0.15) is 0 Å². The Bertz CT molecular complexity index is 307. The lowest BCUT2D eigenvalue weighted by atomic mass is 9.94. The summed E-state index contributed by atoms with van der Waals surface area (Å²) in [6.45, 7) is 6.93. The highest BCUT2D eigenvalue weighted by molar-refractivity contribution is 5.38. The van der Waals surface area contributed by atoms with Crippen LogP contribution in [0.15, 0.2) is 24.4 Å². The van der Waals surface area contributed by atoms with Crippen molar-refractivity contribution in [1.82, 2.24) is 4.98 Å². The average Bonchev–Trinajstić information content (AvgIpc) is 2.80. The largest absolute Gasteiger partial charge is 0.367 e. The van der Waals surface area contributed by atoms with E-state index in [4.69, 9.17) is 0 Å². The number of hydrogen-bond donors (Lipinski definition) is 1. The maximum atomic E-state index is 4.27. The van der Waals surface area contributed by atoms with Crippen LogP contribution in [0.3, 0.4) is 0 Å². The first-order valence-electron chi connectivity index (χ1n) is 5.30. The van der Waals surface area contributed by atoms with E-state index in [1.807, 2.05) is 24.4 Å². The molecular formula is C12H18N2. The highest BCUT2D eigenvalue weighted by Gasteiger charge is 2.52. The summed E-state index contributed by atoms with van der Waals surface area (Å²) in [6.07, 6.45) is 3.10. The molecule has 1 aliphatic carbocycles. The Kier molecular flexibility index (Phi) is 2.22. The molecule has 76 valence electrons. The fourth-order valence-corrected chi connectivity index (χ4v) is 1.86. The van der Waals surface area contributed by atoms with Crippen LogP contribution in [0, 0.1) is 11.3 Å². The van der Waals surface area contributed by atoms with Crippen molar-refractivity contribution in [3.05, 3.63) is 24.4 Å². The molecule has 2 rings (SSSR count). The Labute approximate surface area is 85.7 Å². The number of pyridine rings is 1. The van der Waals surface area contributed by atoms with E-state index in [-0.39, 0.29) is 0 Å². The second-order valence-corrected chi connectivity index (χ2v) is 4.78. The van der Waals surface area contributed by atoms with Gasteiger partial charge in [-0.15, -0.1) is 0 Å². The third-order valence-corrected chi connectivity index (χ3v) is 3.59. The molecule has 2 atom stereocenters. The normalized spacial score (nSPS) is 30.4. The van der Waals surface area contributed by atoms with Crippen LogP contribution < -0.4 is 5.32 Å². The number of nitrogens with zero attached hydrogens (tertiary/aromatic N) is 1. The van der Waals surface area contributed by atoms with E-state index in [2.05, 4.69) is 31.1 Å². The number of hydrogen-bond acceptors (Lipinski definition) is 2. The Morgan fingerprint density at radius 1 is 1.50 bits per heavy atom. The first-order chi connectivity index (χ1) is 6.63. The highest BCUT2D eigenvalue weighted by Crippen LogP contribution is 2.52. The van der Waals surface area contributed by atoms with Gasteiger partial charge in [0.05, 0.1) is 0 Å². The van der Waals surface area contributed by atoms with Crippen LogP contribution in [0.25, 0.3) is 0 Å². The molecule has 1 saturated carbocycles. The summed E-state index contributed by atoms with van der Waals surface area (Å²) in [4.78, 5) is 4.27. The monoisotopic (exact) mass is 190 g/mol. The van der Waals surface area contributed by atoms with E-state index in [9.17, 15) is 0 Å². The summed E-state index contributed by atoms with van der Waals surface area (Å²) in [6, 6.07) is 6.60. The molecule has 1 aliphatic rings. The Hall–Kier alpha value is -1.05. The first-order valence-corrected chi connectivity index (χ1v) is 5.30. The number of nitrogens with one attached hydrogen (secondary N) is 1. The lowest BCUT2D eigenvalue weighted by molar-refractivity contribution is 0.387. The zero-order valence-corrected chi connectivity index (χ0v) is 9.12. The molecule has 2 unspecified atom stereocenters. The Morgan fingerprint density at radius 2 is 2.29 bits per heavy atom. The van der Waals surface area contributed by atoms with E-state index in [0.717, 1.165) is 11.7 Å². The van der Waals surface area contributed by atoms with E-state index in [1.165, 1.54) is 6.42 Å². The predicted octanol–water partition coefficient (Wildman–Crippen LogP) is 2.93. The molecule has 0 aromatic carbocycles. The number of rotatable bonds is 3. The third-order valence-electron chi connectivity index (χ3n) is 3.59. The van der Waals surface area contributed by atoms with Gasteiger partial charge in [-0.05, 0) is 29.9 Å². The van der Waals surface area contributed by atoms with Crippen LogP contribution in [0.5, 0.6) is 0 Å². The summed E-state index contributed by atoms with van der Waals surface area (Å²) >= 11 is 0. The second-order valence-electron chi connectivity index (χ2n) is 4.78. The van der Waals surface area contributed by atoms with Crippen molar-refractivity contribution in [1.29, 1.82) is 0 Å². The van der Waals surface area contributed by atoms with Crippen molar-refractivity contribution in [2.45, 2.75) is 33.2 Å². The van der Waals surface area contributed by atoms with Gasteiger partial charge in [-0.25, -0.2) is 4.98 Å². The van der Waals surface area contributed by atoms with E-state index >= 15 is 0 Å². The lowest BCUT2D eigenvalue weighted by Gasteiger charge is -2.16. The quantitative estimate of drug-likeness (QED) is 0.792. The Balaban J connectivity index is 1.97. The van der Waals surface area contributed by atoms with E-state index < -0.39 is 0 Å². The smallest absolute Gasteiger partial charge is 0.126 e. The molecule has 14 heavy (non-hydrogen) atoms. The fraction of sp³-hybridized carbons (Fsp3) is 0.583. The van der Waals surface area contributed by atoms with Crippen LogP contribution in [0.4, 0.5) is 5.82 Å². The summed E-state index contributed by atoms with van der Waals surface area (Å²) in [5, 5.41) is 3.48. The molecular weight excluding hydrogens is 172 g/mol. The van der Waals surface area contributed by atoms with Gasteiger partial charge >= 0.3 is 0 Å². The molecule has 0 bridgehead atoms. The molecule has 1 heterocycles. The lowest BCUT2D eigenvalue weighted by Crippen LogP contribution is -2.16. The Morgan fingerprint density at radius 3 is 2.79 bits per heavy atom. The number of aromatic nitrogens is 1. The molecule has 0 spiro atoms. The van der Waals surface area contributed by atoms with E-state index in [0.29, 0.717) is 11.5 Å². The molecule has 2 heteroatoms. The molecule has 0 aliphatic heterocycles. The van der Waals surface area contributed by atoms with Crippen molar-refractivity contribution in [3.8, 4) is 0 Å². The zero-order chi connectivity index (χ0) is 10.2. The highest BCUT2D eigenvalue weighted by atomic mass is 15.1. The van der Waals surface area contributed by atoms with Crippen LogP contribution in [-0.2, 0) is 0 Å². The van der Waals surface area contributed by atoms with Crippen molar-refractivity contribution in [3.63, 3.8) is 0 Å². The first kappa shape index (κ1) is 9.50. The fourth-order valence-electron chi connectivity index (χ4n) is 1.86. The maximum absolute atomic E-state index is 4.27. The minimum absolute atomic E-state index is 0.470. The van der Waals surface area contributed by atoms with Gasteiger partial charge < -0.3 is 5.32 Å². The van der Waals surface area contributed by atoms with Crippen LogP contribution >= 0.6 is 0 Å². The summed E-state index contributed by atoms with van der Waals surface area (Å²) in [7, 11) is 0. The minimum atomic E-state index is 0.470. The van der Waals surface area contributed by atoms with Crippen molar-refractivity contribution >= 4 is 5.82 Å². The molecule has 0 saturated heterocycles. The molecule has 0 amide bonds. The van der Waals surface area contributed by atoms with Crippen LogP contribution in [0.1, 0.15) is 27.2 Å². The van der Waals surface area contributed by atoms with Gasteiger partial charge in [0.25, 0.3) is 0 Å². The zero-order valence-electron chi connectivity index (χ0n) is 9.12. The molecule has 1 N–H and O–H groups in total. The van der Waals surface area contributed by atoms with E-state index in [1.54, 1.807) is 0 Å². The molecule has 1 aromatic heterocycles. The molecule has 1 fully saturated rings. The second kappa shape index (κ2) is 3.26. The van der Waals surface area contributed by atoms with Gasteiger partial charge in [0.15, 0.2) is 0 Å². The topological polar surface area (TPSA) is 24.9 Å². The number of anilines is 1. The van der Waals surface area contributed by atoms with Crippen LogP contribution in [-0.4, -0.2) is 11.0 Å². The minimum Gasteiger partial charge on any atom is -0.367 e. The summed E-state index contributed by atoms with van der Waals surface area (Å²) in [5.74, 6) is 1.74. The average molecular weight is 190 g/mol. The van der Waals surface area contributed by atoms with Gasteiger partial charge in [-0.1, -0.05) is 26.8 Å². The molecule has 1 aromatic rings. The summed E-state index contributed by atoms with van der Waals surface area (Å²) < 4.78 is 0. The molecule has 0 radical (unpaired) electrons. The maximum Gasteiger partial charge on any atom is 0.126 e. The summed E-state index contributed by atoms with van der Waals surface area (Å²) in [5.41, 5.74) is 0.470. The van der Waals surface area contributed by atoms with Gasteiger partial charge in [0.2, 0.25) is 0 Å². The van der Waals surface area contributed by atoms with Crippen molar-refractivity contribution in [2.24, 2.45) is 11.3 Å². The van der Waals surface area contributed by atoms with Gasteiger partial charge in [0, 0.05) is 12.2 Å². The SMILES string of the molecule is CC(C)C1(C)CC1Nc1ccccn1. The standard InChI is InChI=1S/C12H18N2/c1-9(2)12(3)8-10(12)14-11-6-4-5-7-13-11/h4-7,9-10H,8H2,1-3H3,(H,13,14).